The summed E-state index contributed by atoms with van der Waals surface area (Å²) in [4.78, 5) is 16.2. The molecule has 0 aromatic heterocycles. The van der Waals surface area contributed by atoms with E-state index in [0.29, 0.717) is 18.8 Å². The van der Waals surface area contributed by atoms with Crippen molar-refractivity contribution in [3.8, 4) is 0 Å². The number of hydrogen-bond donors (Lipinski definition) is 2. The first-order chi connectivity index (χ1) is 13.2. The number of alkyl halides is 3. The molecular weight excluding hydrogens is 395 g/mol. The van der Waals surface area contributed by atoms with E-state index in [1.165, 1.54) is 36.4 Å². The minimum Gasteiger partial charge on any atom is -0.322 e. The molecule has 1 aliphatic rings. The first kappa shape index (κ1) is 19.9. The average Bonchev–Trinajstić information content (AvgIpc) is 3.13. The predicted octanol–water partition coefficient (Wildman–Crippen LogP) is 3.43. The van der Waals surface area contributed by atoms with Crippen LogP contribution in [0.25, 0.3) is 0 Å². The van der Waals surface area contributed by atoms with Gasteiger partial charge in [0.05, 0.1) is 16.0 Å². The monoisotopic (exact) mass is 411 g/mol. The van der Waals surface area contributed by atoms with E-state index in [4.69, 9.17) is 0 Å². The number of halogens is 3. The van der Waals surface area contributed by atoms with E-state index in [-0.39, 0.29) is 10.6 Å². The van der Waals surface area contributed by atoms with Gasteiger partial charge in [-0.05, 0) is 36.8 Å². The van der Waals surface area contributed by atoms with Gasteiger partial charge in [-0.25, -0.2) is 8.42 Å². The Morgan fingerprint density at radius 2 is 1.82 bits per heavy atom. The molecule has 0 fully saturated rings. The highest BCUT2D eigenvalue weighted by atomic mass is 32.2. The zero-order valence-corrected chi connectivity index (χ0v) is 15.3. The fourth-order valence-electron chi connectivity index (χ4n) is 2.70. The summed E-state index contributed by atoms with van der Waals surface area (Å²) in [6.45, 7) is 0.548. The van der Waals surface area contributed by atoms with Crippen molar-refractivity contribution < 1.29 is 26.4 Å². The zero-order chi connectivity index (χ0) is 20.4. The van der Waals surface area contributed by atoms with Crippen LogP contribution in [0.15, 0.2) is 58.4 Å². The van der Waals surface area contributed by atoms with E-state index in [1.54, 1.807) is 0 Å². The van der Waals surface area contributed by atoms with Gasteiger partial charge in [0.25, 0.3) is 15.9 Å². The Balaban J connectivity index is 1.83. The third kappa shape index (κ3) is 4.50. The number of carbonyl (C=O) groups is 1. The van der Waals surface area contributed by atoms with Crippen LogP contribution >= 0.6 is 0 Å². The van der Waals surface area contributed by atoms with Crippen molar-refractivity contribution in [2.45, 2.75) is 23.9 Å². The van der Waals surface area contributed by atoms with E-state index in [9.17, 15) is 26.4 Å². The Labute approximate surface area is 159 Å². The van der Waals surface area contributed by atoms with Crippen LogP contribution in [0.2, 0.25) is 0 Å². The number of sulfonamides is 1. The molecule has 0 atom stereocenters. The molecule has 148 valence electrons. The highest BCUT2D eigenvalue weighted by molar-refractivity contribution is 7.90. The van der Waals surface area contributed by atoms with Gasteiger partial charge in [-0.3, -0.25) is 14.5 Å². The fraction of sp³-hybridized carbons (Fsp3) is 0.222. The molecular formula is C18H16F3N3O3S. The number of carbonyl (C=O) groups excluding carboxylic acids is 1. The molecule has 2 aromatic carbocycles. The lowest BCUT2D eigenvalue weighted by atomic mass is 10.1. The Bertz CT molecular complexity index is 1030. The second kappa shape index (κ2) is 7.63. The molecule has 0 spiro atoms. The van der Waals surface area contributed by atoms with Crippen molar-refractivity contribution >= 4 is 27.5 Å². The number of amides is 1. The zero-order valence-electron chi connectivity index (χ0n) is 14.5. The van der Waals surface area contributed by atoms with Gasteiger partial charge in [-0.1, -0.05) is 18.2 Å². The van der Waals surface area contributed by atoms with Crippen LogP contribution in [0, 0.1) is 0 Å². The van der Waals surface area contributed by atoms with Crippen LogP contribution in [0.4, 0.5) is 18.9 Å². The first-order valence-electron chi connectivity index (χ1n) is 8.30. The quantitative estimate of drug-likeness (QED) is 0.808. The summed E-state index contributed by atoms with van der Waals surface area (Å²) in [5, 5.41) is 2.32. The molecule has 0 saturated heterocycles. The van der Waals surface area contributed by atoms with Crippen molar-refractivity contribution in [1.29, 1.82) is 0 Å². The summed E-state index contributed by atoms with van der Waals surface area (Å²) in [5.41, 5.74) is -1.57. The van der Waals surface area contributed by atoms with Gasteiger partial charge in [0.2, 0.25) is 0 Å². The molecule has 1 heterocycles. The minimum absolute atomic E-state index is 0.0539. The number of amidine groups is 1. The molecule has 2 N–H and O–H groups in total. The second-order valence-electron chi connectivity index (χ2n) is 6.06. The summed E-state index contributed by atoms with van der Waals surface area (Å²) < 4.78 is 66.5. The number of benzene rings is 2. The number of aliphatic imine (C=N–C) groups is 1. The topological polar surface area (TPSA) is 87.6 Å². The van der Waals surface area contributed by atoms with Gasteiger partial charge in [0.1, 0.15) is 5.84 Å². The Morgan fingerprint density at radius 1 is 1.07 bits per heavy atom. The lowest BCUT2D eigenvalue weighted by molar-refractivity contribution is -0.137. The Morgan fingerprint density at radius 3 is 2.50 bits per heavy atom. The number of nitrogens with zero attached hydrogens (tertiary/aromatic N) is 1. The molecule has 0 radical (unpaired) electrons. The van der Waals surface area contributed by atoms with Crippen molar-refractivity contribution in [2.24, 2.45) is 4.99 Å². The van der Waals surface area contributed by atoms with E-state index in [0.717, 1.165) is 18.6 Å². The SMILES string of the molecule is O=C(Nc1cccc(S(=O)(=O)NC2=NCCC2)c1)c1ccccc1C(F)(F)F. The average molecular weight is 411 g/mol. The van der Waals surface area contributed by atoms with Gasteiger partial charge in [-0.2, -0.15) is 13.2 Å². The third-order valence-corrected chi connectivity index (χ3v) is 5.38. The normalized spacial score (nSPS) is 14.5. The van der Waals surface area contributed by atoms with E-state index < -0.39 is 33.2 Å². The highest BCUT2D eigenvalue weighted by Gasteiger charge is 2.34. The van der Waals surface area contributed by atoms with Gasteiger partial charge in [0.15, 0.2) is 0 Å². The molecule has 10 heteroatoms. The molecule has 0 bridgehead atoms. The van der Waals surface area contributed by atoms with Crippen LogP contribution < -0.4 is 10.0 Å². The Hall–Kier alpha value is -2.88. The van der Waals surface area contributed by atoms with Gasteiger partial charge in [0, 0.05) is 18.7 Å². The van der Waals surface area contributed by atoms with Crippen LogP contribution in [0.5, 0.6) is 0 Å². The van der Waals surface area contributed by atoms with Crippen molar-refractivity contribution in [3.63, 3.8) is 0 Å². The van der Waals surface area contributed by atoms with Gasteiger partial charge in [-0.15, -0.1) is 0 Å². The lowest BCUT2D eigenvalue weighted by Gasteiger charge is -2.13. The molecule has 3 rings (SSSR count). The maximum atomic E-state index is 13.1. The van der Waals surface area contributed by atoms with Crippen LogP contribution in [0.3, 0.4) is 0 Å². The smallest absolute Gasteiger partial charge is 0.322 e. The number of nitrogens with one attached hydrogen (secondary N) is 2. The molecule has 1 aliphatic heterocycles. The third-order valence-electron chi connectivity index (χ3n) is 4.01. The van der Waals surface area contributed by atoms with E-state index in [1.807, 2.05) is 0 Å². The van der Waals surface area contributed by atoms with E-state index in [2.05, 4.69) is 15.0 Å². The molecule has 1 amide bonds. The molecule has 0 aliphatic carbocycles. The summed E-state index contributed by atoms with van der Waals surface area (Å²) in [5.74, 6) is -0.635. The van der Waals surface area contributed by atoms with Crippen molar-refractivity contribution in [1.82, 2.24) is 4.72 Å². The van der Waals surface area contributed by atoms with Crippen molar-refractivity contribution in [2.75, 3.05) is 11.9 Å². The number of hydrogen-bond acceptors (Lipinski definition) is 4. The predicted molar refractivity (Wildman–Crippen MR) is 97.7 cm³/mol. The molecule has 0 unspecified atom stereocenters. The van der Waals surface area contributed by atoms with Gasteiger partial charge >= 0.3 is 6.18 Å². The molecule has 6 nitrogen and oxygen atoms in total. The summed E-state index contributed by atoms with van der Waals surface area (Å²) in [6.07, 6.45) is -3.42. The van der Waals surface area contributed by atoms with E-state index >= 15 is 0 Å². The highest BCUT2D eigenvalue weighted by Crippen LogP contribution is 2.32. The number of rotatable bonds is 4. The summed E-state index contributed by atoms with van der Waals surface area (Å²) in [6, 6.07) is 9.63. The maximum absolute atomic E-state index is 13.1. The van der Waals surface area contributed by atoms with Crippen LogP contribution in [-0.2, 0) is 16.2 Å². The van der Waals surface area contributed by atoms with Crippen molar-refractivity contribution in [3.05, 3.63) is 59.7 Å². The molecule has 0 saturated carbocycles. The Kier molecular flexibility index (Phi) is 5.41. The summed E-state index contributed by atoms with van der Waals surface area (Å²) >= 11 is 0. The van der Waals surface area contributed by atoms with Crippen LogP contribution in [0.1, 0.15) is 28.8 Å². The largest absolute Gasteiger partial charge is 0.417 e. The van der Waals surface area contributed by atoms with Crippen LogP contribution in [-0.4, -0.2) is 26.7 Å². The maximum Gasteiger partial charge on any atom is 0.417 e. The van der Waals surface area contributed by atoms with Gasteiger partial charge < -0.3 is 5.32 Å². The standard InChI is InChI=1S/C18H16F3N3O3S/c19-18(20,21)15-8-2-1-7-14(15)17(25)23-12-5-3-6-13(11-12)28(26,27)24-16-9-4-10-22-16/h1-3,5-8,11H,4,9-10H2,(H,22,24)(H,23,25). The molecule has 2 aromatic rings. The lowest BCUT2D eigenvalue weighted by Crippen LogP contribution is -2.29. The minimum atomic E-state index is -4.69. The fourth-order valence-corrected chi connectivity index (χ4v) is 3.84. The molecule has 28 heavy (non-hydrogen) atoms. The number of anilines is 1. The summed E-state index contributed by atoms with van der Waals surface area (Å²) in [7, 11) is -3.91. The first-order valence-corrected chi connectivity index (χ1v) is 9.79. The second-order valence-corrected chi connectivity index (χ2v) is 7.75.